The summed E-state index contributed by atoms with van der Waals surface area (Å²) in [5, 5.41) is 2.54. The first-order valence-electron chi connectivity index (χ1n) is 8.05. The average Bonchev–Trinajstić information content (AvgIpc) is 3.21. The molecule has 3 aliphatic rings. The minimum absolute atomic E-state index is 0.121. The number of hydrogen-bond donors (Lipinski definition) is 1. The van der Waals surface area contributed by atoms with Gasteiger partial charge in [-0.15, -0.1) is 0 Å². The first-order valence-corrected chi connectivity index (χ1v) is 8.05. The van der Waals surface area contributed by atoms with Crippen LogP contribution in [-0.4, -0.2) is 29.2 Å². The number of benzene rings is 1. The molecule has 1 saturated heterocycles. The van der Waals surface area contributed by atoms with Crippen molar-refractivity contribution in [3.8, 4) is 0 Å². The number of imide groups is 1. The molecule has 1 aromatic rings. The predicted octanol–water partition coefficient (Wildman–Crippen LogP) is 1.88. The van der Waals surface area contributed by atoms with Gasteiger partial charge in [0.1, 0.15) is 12.4 Å². The first kappa shape index (κ1) is 15.1. The number of amides is 3. The van der Waals surface area contributed by atoms with Gasteiger partial charge in [0.25, 0.3) is 0 Å². The fourth-order valence-corrected chi connectivity index (χ4v) is 4.13. The predicted molar refractivity (Wildman–Crippen MR) is 84.2 cm³/mol. The Morgan fingerprint density at radius 1 is 1.21 bits per heavy atom. The summed E-state index contributed by atoms with van der Waals surface area (Å²) in [4.78, 5) is 38.2. The van der Waals surface area contributed by atoms with Crippen molar-refractivity contribution in [2.45, 2.75) is 13.3 Å². The highest BCUT2D eigenvalue weighted by molar-refractivity contribution is 6.09. The summed E-state index contributed by atoms with van der Waals surface area (Å²) in [7, 11) is 0. The number of aryl methyl sites for hydroxylation is 1. The van der Waals surface area contributed by atoms with E-state index in [9.17, 15) is 18.8 Å². The maximum Gasteiger partial charge on any atom is 0.244 e. The summed E-state index contributed by atoms with van der Waals surface area (Å²) in [5.41, 5.74) is 0.790. The number of allylic oxidation sites excluding steroid dienone is 2. The van der Waals surface area contributed by atoms with Gasteiger partial charge in [-0.2, -0.15) is 0 Å². The summed E-state index contributed by atoms with van der Waals surface area (Å²) in [5.74, 6) is -1.81. The number of carbonyl (C=O) groups is 3. The maximum atomic E-state index is 13.5. The molecule has 6 heteroatoms. The Hall–Kier alpha value is -2.50. The number of hydrogen-bond acceptors (Lipinski definition) is 3. The highest BCUT2D eigenvalue weighted by Gasteiger charge is 2.59. The van der Waals surface area contributed by atoms with Crippen LogP contribution in [0.5, 0.6) is 0 Å². The molecule has 0 unspecified atom stereocenters. The highest BCUT2D eigenvalue weighted by atomic mass is 19.1. The number of anilines is 1. The molecule has 1 aromatic carbocycles. The quantitative estimate of drug-likeness (QED) is 0.680. The van der Waals surface area contributed by atoms with Gasteiger partial charge >= 0.3 is 0 Å². The van der Waals surface area contributed by atoms with Crippen molar-refractivity contribution >= 4 is 23.4 Å². The van der Waals surface area contributed by atoms with E-state index < -0.39 is 11.7 Å². The van der Waals surface area contributed by atoms with Crippen molar-refractivity contribution < 1.29 is 18.8 Å². The molecule has 1 aliphatic heterocycles. The molecule has 2 bridgehead atoms. The number of nitrogens with zero attached hydrogens (tertiary/aromatic N) is 1. The van der Waals surface area contributed by atoms with Gasteiger partial charge in [-0.05, 0) is 42.9 Å². The molecule has 0 aromatic heterocycles. The van der Waals surface area contributed by atoms with Crippen LogP contribution in [0.15, 0.2) is 30.4 Å². The molecular weight excluding hydrogens is 311 g/mol. The van der Waals surface area contributed by atoms with Crippen LogP contribution in [0.2, 0.25) is 0 Å². The van der Waals surface area contributed by atoms with Gasteiger partial charge in [0.05, 0.1) is 11.8 Å². The van der Waals surface area contributed by atoms with E-state index in [4.69, 9.17) is 0 Å². The molecule has 0 radical (unpaired) electrons. The van der Waals surface area contributed by atoms with Crippen molar-refractivity contribution in [2.24, 2.45) is 23.7 Å². The second-order valence-corrected chi connectivity index (χ2v) is 6.77. The van der Waals surface area contributed by atoms with Crippen LogP contribution in [0.25, 0.3) is 0 Å². The molecule has 124 valence electrons. The Kier molecular flexibility index (Phi) is 3.30. The van der Waals surface area contributed by atoms with Crippen LogP contribution in [0, 0.1) is 36.4 Å². The topological polar surface area (TPSA) is 66.5 Å². The highest BCUT2D eigenvalue weighted by Crippen LogP contribution is 2.52. The standard InChI is InChI=1S/C18H17FN2O3/c1-9-2-5-12(7-13(9)19)20-14(22)8-21-17(23)15-10-3-4-11(6-10)16(15)18(21)24/h2-5,7,10-11,15-16H,6,8H2,1H3,(H,20,22)/t10-,11-,15-,16-/m0/s1. The summed E-state index contributed by atoms with van der Waals surface area (Å²) >= 11 is 0. The summed E-state index contributed by atoms with van der Waals surface area (Å²) in [6.45, 7) is 1.31. The molecule has 2 aliphatic carbocycles. The van der Waals surface area contributed by atoms with E-state index in [0.717, 1.165) is 11.3 Å². The van der Waals surface area contributed by atoms with E-state index in [1.54, 1.807) is 19.1 Å². The van der Waals surface area contributed by atoms with Crippen LogP contribution >= 0.6 is 0 Å². The zero-order valence-corrected chi connectivity index (χ0v) is 13.2. The van der Waals surface area contributed by atoms with E-state index in [1.807, 2.05) is 12.2 Å². The van der Waals surface area contributed by atoms with Gasteiger partial charge in [0.2, 0.25) is 17.7 Å². The third kappa shape index (κ3) is 2.17. The number of nitrogens with one attached hydrogen (secondary N) is 1. The third-order valence-corrected chi connectivity index (χ3v) is 5.32. The zero-order valence-electron chi connectivity index (χ0n) is 13.2. The molecule has 5 nitrogen and oxygen atoms in total. The molecular formula is C18H17FN2O3. The average molecular weight is 328 g/mol. The van der Waals surface area contributed by atoms with Crippen molar-refractivity contribution in [1.82, 2.24) is 4.90 Å². The Morgan fingerprint density at radius 3 is 2.42 bits per heavy atom. The van der Waals surface area contributed by atoms with Crippen LogP contribution in [0.1, 0.15) is 12.0 Å². The lowest BCUT2D eigenvalue weighted by Gasteiger charge is -2.17. The molecule has 1 heterocycles. The van der Waals surface area contributed by atoms with Gasteiger partial charge in [0, 0.05) is 5.69 Å². The van der Waals surface area contributed by atoms with Crippen LogP contribution in [0.3, 0.4) is 0 Å². The number of likely N-dealkylation sites (tertiary alicyclic amines) is 1. The van der Waals surface area contributed by atoms with Gasteiger partial charge in [-0.25, -0.2) is 4.39 Å². The fourth-order valence-electron chi connectivity index (χ4n) is 4.13. The third-order valence-electron chi connectivity index (χ3n) is 5.32. The second-order valence-electron chi connectivity index (χ2n) is 6.77. The van der Waals surface area contributed by atoms with Gasteiger partial charge < -0.3 is 5.32 Å². The van der Waals surface area contributed by atoms with Crippen LogP contribution in [0.4, 0.5) is 10.1 Å². The van der Waals surface area contributed by atoms with Crippen LogP contribution in [-0.2, 0) is 14.4 Å². The molecule has 4 atom stereocenters. The number of rotatable bonds is 3. The number of halogens is 1. The molecule has 1 N–H and O–H groups in total. The lowest BCUT2D eigenvalue weighted by Crippen LogP contribution is -2.39. The lowest BCUT2D eigenvalue weighted by molar-refractivity contribution is -0.143. The summed E-state index contributed by atoms with van der Waals surface area (Å²) in [6, 6.07) is 4.37. The van der Waals surface area contributed by atoms with Crippen LogP contribution < -0.4 is 5.32 Å². The van der Waals surface area contributed by atoms with E-state index in [1.165, 1.54) is 6.07 Å². The van der Waals surface area contributed by atoms with Crippen molar-refractivity contribution in [3.05, 3.63) is 41.7 Å². The normalized spacial score (nSPS) is 30.2. The van der Waals surface area contributed by atoms with Crippen molar-refractivity contribution in [3.63, 3.8) is 0 Å². The molecule has 24 heavy (non-hydrogen) atoms. The van der Waals surface area contributed by atoms with E-state index in [0.29, 0.717) is 11.3 Å². The second kappa shape index (κ2) is 5.26. The van der Waals surface area contributed by atoms with E-state index in [2.05, 4.69) is 5.32 Å². The smallest absolute Gasteiger partial charge is 0.244 e. The van der Waals surface area contributed by atoms with Gasteiger partial charge in [0.15, 0.2) is 0 Å². The monoisotopic (exact) mass is 328 g/mol. The maximum absolute atomic E-state index is 13.5. The summed E-state index contributed by atoms with van der Waals surface area (Å²) < 4.78 is 13.5. The van der Waals surface area contributed by atoms with Gasteiger partial charge in [-0.3, -0.25) is 19.3 Å². The molecule has 1 saturated carbocycles. The fraction of sp³-hybridized carbons (Fsp3) is 0.389. The Bertz CT molecular complexity index is 758. The Labute approximate surface area is 138 Å². The lowest BCUT2D eigenvalue weighted by atomic mass is 9.85. The zero-order chi connectivity index (χ0) is 17.0. The van der Waals surface area contributed by atoms with E-state index >= 15 is 0 Å². The van der Waals surface area contributed by atoms with Crippen molar-refractivity contribution in [1.29, 1.82) is 0 Å². The largest absolute Gasteiger partial charge is 0.324 e. The molecule has 3 amide bonds. The van der Waals surface area contributed by atoms with Gasteiger partial charge in [-0.1, -0.05) is 18.2 Å². The van der Waals surface area contributed by atoms with E-state index in [-0.39, 0.29) is 42.0 Å². The SMILES string of the molecule is Cc1ccc(NC(=O)CN2C(=O)[C@@H]3[C@@H](C2=O)[C@H]2C=C[C@H]3C2)cc1F. The minimum Gasteiger partial charge on any atom is -0.324 e. The molecule has 0 spiro atoms. The minimum atomic E-state index is -0.500. The Balaban J connectivity index is 1.46. The Morgan fingerprint density at radius 2 is 1.83 bits per heavy atom. The molecule has 4 rings (SSSR count). The number of fused-ring (bicyclic) bond motifs is 5. The van der Waals surface area contributed by atoms with Crippen molar-refractivity contribution in [2.75, 3.05) is 11.9 Å². The molecule has 2 fully saturated rings. The first-order chi connectivity index (χ1) is 11.5. The number of carbonyl (C=O) groups excluding carboxylic acids is 3. The summed E-state index contributed by atoms with van der Waals surface area (Å²) in [6.07, 6.45) is 4.88.